The van der Waals surface area contributed by atoms with Gasteiger partial charge in [0.15, 0.2) is 13.2 Å². The number of aromatic nitrogens is 2. The van der Waals surface area contributed by atoms with Crippen LogP contribution in [0.5, 0.6) is 5.75 Å². The van der Waals surface area contributed by atoms with Crippen LogP contribution in [0.15, 0.2) is 60.8 Å². The molecule has 0 fully saturated rings. The minimum atomic E-state index is -1.41. The Morgan fingerprint density at radius 3 is 2.06 bits per heavy atom. The van der Waals surface area contributed by atoms with Crippen LogP contribution in [0.1, 0.15) is 68.7 Å². The lowest BCUT2D eigenvalue weighted by atomic mass is 10.1. The molecular formula is C34H42N5O8+. The van der Waals surface area contributed by atoms with Gasteiger partial charge >= 0.3 is 12.1 Å². The average molecular weight is 649 g/mol. The van der Waals surface area contributed by atoms with Gasteiger partial charge in [-0.3, -0.25) is 9.59 Å². The lowest BCUT2D eigenvalue weighted by Crippen LogP contribution is -2.43. The van der Waals surface area contributed by atoms with E-state index < -0.39 is 41.2 Å². The van der Waals surface area contributed by atoms with E-state index >= 15 is 0 Å². The number of ether oxygens (including phenoxy) is 3. The number of carbonyl (C=O) groups is 4. The molecule has 13 nitrogen and oxygen atoms in total. The molecule has 13 heteroatoms. The normalized spacial score (nSPS) is 13.6. The molecule has 3 amide bonds. The van der Waals surface area contributed by atoms with E-state index in [1.54, 1.807) is 49.7 Å². The van der Waals surface area contributed by atoms with E-state index in [2.05, 4.69) is 15.7 Å². The number of anilines is 1. The van der Waals surface area contributed by atoms with Crippen LogP contribution in [0.3, 0.4) is 0 Å². The van der Waals surface area contributed by atoms with Crippen LogP contribution in [0.4, 0.5) is 10.6 Å². The van der Waals surface area contributed by atoms with Gasteiger partial charge < -0.3 is 24.8 Å². The quantitative estimate of drug-likeness (QED) is 0.127. The maximum atomic E-state index is 13.1. The van der Waals surface area contributed by atoms with Gasteiger partial charge in [0.25, 0.3) is 11.8 Å². The molecule has 0 saturated heterocycles. The van der Waals surface area contributed by atoms with Gasteiger partial charge in [0.2, 0.25) is 11.9 Å². The Kier molecular flexibility index (Phi) is 10.8. The predicted molar refractivity (Wildman–Crippen MR) is 171 cm³/mol. The predicted octanol–water partition coefficient (Wildman–Crippen LogP) is 4.22. The Morgan fingerprint density at radius 2 is 1.47 bits per heavy atom. The fourth-order valence-corrected chi connectivity index (χ4v) is 4.47. The third-order valence-electron chi connectivity index (χ3n) is 6.51. The van der Waals surface area contributed by atoms with Crippen molar-refractivity contribution in [2.24, 2.45) is 7.05 Å². The summed E-state index contributed by atoms with van der Waals surface area (Å²) in [6.45, 7) is 11.2. The van der Waals surface area contributed by atoms with E-state index in [4.69, 9.17) is 19.0 Å². The Hall–Kier alpha value is -5.04. The third kappa shape index (κ3) is 9.72. The first-order chi connectivity index (χ1) is 22.1. The number of imide groups is 1. The molecule has 1 atom stereocenters. The summed E-state index contributed by atoms with van der Waals surface area (Å²) < 4.78 is 18.3. The summed E-state index contributed by atoms with van der Waals surface area (Å²) in [6, 6.07) is 15.4. The highest BCUT2D eigenvalue weighted by Crippen LogP contribution is 2.28. The number of nitrogens with zero attached hydrogens (tertiary/aromatic N) is 3. The number of fused-ring (bicyclic) bond motifs is 1. The van der Waals surface area contributed by atoms with Crippen molar-refractivity contribution in [3.8, 4) is 16.9 Å². The van der Waals surface area contributed by atoms with E-state index in [1.807, 2.05) is 52.2 Å². The van der Waals surface area contributed by atoms with E-state index in [1.165, 1.54) is 12.1 Å². The average Bonchev–Trinajstić information content (AvgIpc) is 3.22. The number of hydrogen-bond donors (Lipinski definition) is 2. The smallest absolute Gasteiger partial charge is 0.407 e. The Balaban J connectivity index is 1.40. The number of benzene rings is 2. The van der Waals surface area contributed by atoms with E-state index in [-0.39, 0.29) is 17.7 Å². The van der Waals surface area contributed by atoms with Crippen molar-refractivity contribution < 1.29 is 42.9 Å². The molecule has 1 unspecified atom stereocenters. The summed E-state index contributed by atoms with van der Waals surface area (Å²) in [5, 5.41) is 11.2. The number of hydroxylamine groups is 2. The second kappa shape index (κ2) is 14.6. The highest BCUT2D eigenvalue weighted by atomic mass is 16.7. The molecular weight excluding hydrogens is 606 g/mol. The first kappa shape index (κ1) is 34.8. The van der Waals surface area contributed by atoms with Gasteiger partial charge in [-0.05, 0) is 77.8 Å². The number of amides is 3. The van der Waals surface area contributed by atoms with Crippen molar-refractivity contribution in [3.63, 3.8) is 0 Å². The number of rotatable bonds is 12. The number of esters is 1. The maximum absolute atomic E-state index is 13.1. The second-order valence-corrected chi connectivity index (χ2v) is 12.9. The molecule has 0 radical (unpaired) electrons. The Bertz CT molecular complexity index is 1580. The van der Waals surface area contributed by atoms with Crippen molar-refractivity contribution in [2.45, 2.75) is 65.3 Å². The standard InChI is InChI=1S/C34H41N5O8/c1-33(2,3)45-31(42)27(47-39-29(40)25-11-8-9-12-26(25)30(39)41)21-44-23-15-13-22(14-16-23)24-17-20-38(7)37-28(24)35-18-10-19-36-32(43)46-34(4,5)6/h8-9,11-17,20,27H,10,18-19,21H2,1-7H3,(H-,35,36,37,43)/p+1. The SMILES string of the molecule is C[n+]1ccc(-c2ccc(OCC(ON3C(=O)c4ccccc4C3=O)C(=O)OC(C)(C)C)cc2)c(NCCCNC(=O)OC(C)(C)C)n1. The fraction of sp³-hybridized carbons (Fsp3) is 0.412. The van der Waals surface area contributed by atoms with Gasteiger partial charge in [-0.2, -0.15) is 0 Å². The van der Waals surface area contributed by atoms with Crippen molar-refractivity contribution in [3.05, 3.63) is 71.9 Å². The lowest BCUT2D eigenvalue weighted by Gasteiger charge is -2.26. The van der Waals surface area contributed by atoms with Crippen molar-refractivity contribution in [1.29, 1.82) is 0 Å². The van der Waals surface area contributed by atoms with Gasteiger partial charge in [-0.25, -0.2) is 14.4 Å². The summed E-state index contributed by atoms with van der Waals surface area (Å²) in [4.78, 5) is 56.3. The molecule has 4 rings (SSSR count). The second-order valence-electron chi connectivity index (χ2n) is 12.9. The zero-order chi connectivity index (χ0) is 34.4. The molecule has 2 heterocycles. The molecule has 3 aromatic rings. The van der Waals surface area contributed by atoms with Gasteiger partial charge in [0.05, 0.1) is 11.1 Å². The third-order valence-corrected chi connectivity index (χ3v) is 6.51. The number of carbonyl (C=O) groups excluding carboxylic acids is 4. The van der Waals surface area contributed by atoms with Crippen molar-refractivity contribution in [2.75, 3.05) is 25.0 Å². The molecule has 0 spiro atoms. The van der Waals surface area contributed by atoms with Crippen LogP contribution in [-0.4, -0.2) is 71.0 Å². The summed E-state index contributed by atoms with van der Waals surface area (Å²) in [5.41, 5.74) is 0.666. The van der Waals surface area contributed by atoms with Gasteiger partial charge in [0, 0.05) is 29.8 Å². The molecule has 250 valence electrons. The monoisotopic (exact) mass is 648 g/mol. The summed E-state index contributed by atoms with van der Waals surface area (Å²) in [6.07, 6.45) is 0.608. The molecule has 47 heavy (non-hydrogen) atoms. The number of hydrogen-bond acceptors (Lipinski definition) is 10. The van der Waals surface area contributed by atoms with Gasteiger partial charge in [0.1, 0.15) is 23.6 Å². The number of alkyl carbamates (subject to hydrolysis) is 1. The minimum absolute atomic E-state index is 0.187. The van der Waals surface area contributed by atoms with E-state index in [0.717, 1.165) is 11.1 Å². The fourth-order valence-electron chi connectivity index (χ4n) is 4.47. The van der Waals surface area contributed by atoms with Crippen molar-refractivity contribution in [1.82, 2.24) is 15.5 Å². The summed E-state index contributed by atoms with van der Waals surface area (Å²) in [5.74, 6) is -1.05. The molecule has 2 aromatic carbocycles. The first-order valence-electron chi connectivity index (χ1n) is 15.3. The highest BCUT2D eigenvalue weighted by Gasteiger charge is 2.40. The summed E-state index contributed by atoms with van der Waals surface area (Å²) in [7, 11) is 1.82. The van der Waals surface area contributed by atoms with Crippen LogP contribution in [0.2, 0.25) is 0 Å². The molecule has 1 aliphatic rings. The molecule has 0 saturated carbocycles. The van der Waals surface area contributed by atoms with E-state index in [9.17, 15) is 19.2 Å². The molecule has 0 bridgehead atoms. The maximum Gasteiger partial charge on any atom is 0.407 e. The van der Waals surface area contributed by atoms with Crippen LogP contribution in [0, 0.1) is 0 Å². The largest absolute Gasteiger partial charge is 0.490 e. The lowest BCUT2D eigenvalue weighted by molar-refractivity contribution is -0.729. The highest BCUT2D eigenvalue weighted by molar-refractivity contribution is 6.20. The van der Waals surface area contributed by atoms with Crippen LogP contribution in [0.25, 0.3) is 11.1 Å². The van der Waals surface area contributed by atoms with Crippen molar-refractivity contribution >= 4 is 29.7 Å². The number of nitrogens with one attached hydrogen (secondary N) is 2. The Morgan fingerprint density at radius 1 is 0.851 bits per heavy atom. The zero-order valence-corrected chi connectivity index (χ0v) is 27.8. The van der Waals surface area contributed by atoms with Gasteiger partial charge in [-0.15, -0.1) is 5.06 Å². The Labute approximate surface area is 274 Å². The molecule has 0 aliphatic carbocycles. The van der Waals surface area contributed by atoms with Gasteiger partial charge in [-0.1, -0.05) is 28.9 Å². The van der Waals surface area contributed by atoms with Crippen LogP contribution < -0.4 is 20.1 Å². The first-order valence-corrected chi connectivity index (χ1v) is 15.3. The summed E-state index contributed by atoms with van der Waals surface area (Å²) >= 11 is 0. The molecule has 1 aromatic heterocycles. The topological polar surface area (TPSA) is 149 Å². The zero-order valence-electron chi connectivity index (χ0n) is 27.8. The number of aryl methyl sites for hydroxylation is 1. The van der Waals surface area contributed by atoms with Crippen LogP contribution >= 0.6 is 0 Å². The molecule has 1 aliphatic heterocycles. The molecule has 2 N–H and O–H groups in total. The van der Waals surface area contributed by atoms with E-state index in [0.29, 0.717) is 36.1 Å². The van der Waals surface area contributed by atoms with Crippen LogP contribution in [-0.2, 0) is 26.2 Å². The minimum Gasteiger partial charge on any atom is -0.490 e.